The van der Waals surface area contributed by atoms with Crippen LogP contribution in [-0.2, 0) is 0 Å². The Morgan fingerprint density at radius 2 is 2.14 bits per heavy atom. The molecule has 1 rings (SSSR count). The maximum atomic E-state index is 13.6. The molecule has 0 saturated carbocycles. The van der Waals surface area contributed by atoms with E-state index in [0.29, 0.717) is 12.2 Å². The van der Waals surface area contributed by atoms with Gasteiger partial charge in [-0.15, -0.1) is 0 Å². The summed E-state index contributed by atoms with van der Waals surface area (Å²) in [5, 5.41) is 0. The Morgan fingerprint density at radius 3 is 2.64 bits per heavy atom. The SMILES string of the molecule is CCOc1c(C)ccc(C(C)=O)c1F. The first-order valence-electron chi connectivity index (χ1n) is 4.50. The number of halogens is 1. The van der Waals surface area contributed by atoms with Gasteiger partial charge in [0.25, 0.3) is 0 Å². The normalized spacial score (nSPS) is 10.0. The maximum absolute atomic E-state index is 13.6. The van der Waals surface area contributed by atoms with E-state index in [0.717, 1.165) is 0 Å². The number of carbonyl (C=O) groups is 1. The summed E-state index contributed by atoms with van der Waals surface area (Å²) < 4.78 is 18.8. The van der Waals surface area contributed by atoms with Gasteiger partial charge in [0.05, 0.1) is 12.2 Å². The standard InChI is InChI=1S/C11H13FO2/c1-4-14-11-7(2)5-6-9(8(3)13)10(11)12/h5-6H,4H2,1-3H3. The van der Waals surface area contributed by atoms with Crippen molar-refractivity contribution < 1.29 is 13.9 Å². The van der Waals surface area contributed by atoms with Crippen molar-refractivity contribution in [3.8, 4) is 5.75 Å². The van der Waals surface area contributed by atoms with E-state index in [1.165, 1.54) is 13.0 Å². The molecule has 0 aliphatic rings. The number of rotatable bonds is 3. The Labute approximate surface area is 82.7 Å². The Kier molecular flexibility index (Phi) is 3.23. The average molecular weight is 196 g/mol. The molecular formula is C11H13FO2. The lowest BCUT2D eigenvalue weighted by molar-refractivity contribution is 0.101. The lowest BCUT2D eigenvalue weighted by Crippen LogP contribution is -2.03. The number of ether oxygens (including phenoxy) is 1. The quantitative estimate of drug-likeness (QED) is 0.695. The summed E-state index contributed by atoms with van der Waals surface area (Å²) in [5.74, 6) is -0.664. The minimum Gasteiger partial charge on any atom is -0.491 e. The number of aryl methyl sites for hydroxylation is 1. The van der Waals surface area contributed by atoms with Gasteiger partial charge in [0.1, 0.15) is 0 Å². The first-order chi connectivity index (χ1) is 6.57. The summed E-state index contributed by atoms with van der Waals surface area (Å²) in [7, 11) is 0. The number of benzene rings is 1. The van der Waals surface area contributed by atoms with E-state index in [4.69, 9.17) is 4.74 Å². The van der Waals surface area contributed by atoms with E-state index in [-0.39, 0.29) is 17.1 Å². The highest BCUT2D eigenvalue weighted by molar-refractivity contribution is 5.94. The minimum absolute atomic E-state index is 0.0825. The topological polar surface area (TPSA) is 26.3 Å². The second-order valence-electron chi connectivity index (χ2n) is 3.06. The van der Waals surface area contributed by atoms with Crippen molar-refractivity contribution in [3.05, 3.63) is 29.1 Å². The number of hydrogen-bond acceptors (Lipinski definition) is 2. The summed E-state index contributed by atoms with van der Waals surface area (Å²) >= 11 is 0. The number of hydrogen-bond donors (Lipinski definition) is 0. The molecule has 0 atom stereocenters. The van der Waals surface area contributed by atoms with Crippen LogP contribution in [0, 0.1) is 12.7 Å². The third kappa shape index (κ3) is 1.92. The molecule has 1 aromatic rings. The van der Waals surface area contributed by atoms with Crippen LogP contribution in [0.4, 0.5) is 4.39 Å². The maximum Gasteiger partial charge on any atom is 0.176 e. The average Bonchev–Trinajstić information content (AvgIpc) is 2.11. The van der Waals surface area contributed by atoms with Crippen LogP contribution in [-0.4, -0.2) is 12.4 Å². The van der Waals surface area contributed by atoms with Gasteiger partial charge >= 0.3 is 0 Å². The van der Waals surface area contributed by atoms with Gasteiger partial charge in [-0.1, -0.05) is 6.07 Å². The first kappa shape index (κ1) is 10.7. The van der Waals surface area contributed by atoms with Crippen molar-refractivity contribution in [2.24, 2.45) is 0 Å². The van der Waals surface area contributed by atoms with Crippen LogP contribution in [0.15, 0.2) is 12.1 Å². The van der Waals surface area contributed by atoms with Crippen molar-refractivity contribution in [2.75, 3.05) is 6.61 Å². The second kappa shape index (κ2) is 4.22. The largest absolute Gasteiger partial charge is 0.491 e. The molecule has 76 valence electrons. The summed E-state index contributed by atoms with van der Waals surface area (Å²) in [6, 6.07) is 3.17. The van der Waals surface area contributed by atoms with Gasteiger partial charge in [0, 0.05) is 0 Å². The van der Waals surface area contributed by atoms with Gasteiger partial charge < -0.3 is 4.74 Å². The van der Waals surface area contributed by atoms with Crippen LogP contribution in [0.5, 0.6) is 5.75 Å². The second-order valence-corrected chi connectivity index (χ2v) is 3.06. The molecule has 0 aliphatic carbocycles. The Balaban J connectivity index is 3.26. The molecule has 1 aromatic carbocycles. The van der Waals surface area contributed by atoms with Crippen molar-refractivity contribution >= 4 is 5.78 Å². The van der Waals surface area contributed by atoms with Gasteiger partial charge in [0.15, 0.2) is 17.3 Å². The highest BCUT2D eigenvalue weighted by atomic mass is 19.1. The van der Waals surface area contributed by atoms with E-state index in [2.05, 4.69) is 0 Å². The Hall–Kier alpha value is -1.38. The molecule has 0 spiro atoms. The summed E-state index contributed by atoms with van der Waals surface area (Å²) in [6.45, 7) is 5.25. The molecule has 0 saturated heterocycles. The molecule has 0 N–H and O–H groups in total. The highest BCUT2D eigenvalue weighted by Gasteiger charge is 2.14. The molecule has 3 heteroatoms. The minimum atomic E-state index is -0.556. The molecule has 14 heavy (non-hydrogen) atoms. The van der Waals surface area contributed by atoms with E-state index in [9.17, 15) is 9.18 Å². The fraction of sp³-hybridized carbons (Fsp3) is 0.364. The number of Topliss-reactive ketones (excluding diaryl/α,β-unsaturated/α-hetero) is 1. The van der Waals surface area contributed by atoms with E-state index in [1.807, 2.05) is 0 Å². The third-order valence-corrected chi connectivity index (χ3v) is 1.96. The van der Waals surface area contributed by atoms with Crippen molar-refractivity contribution in [1.29, 1.82) is 0 Å². The molecule has 0 aromatic heterocycles. The Morgan fingerprint density at radius 1 is 1.50 bits per heavy atom. The van der Waals surface area contributed by atoms with Crippen LogP contribution >= 0.6 is 0 Å². The van der Waals surface area contributed by atoms with Gasteiger partial charge in [-0.2, -0.15) is 0 Å². The molecule has 0 aliphatic heterocycles. The van der Waals surface area contributed by atoms with E-state index >= 15 is 0 Å². The molecule has 0 bridgehead atoms. The van der Waals surface area contributed by atoms with Gasteiger partial charge in [0.2, 0.25) is 0 Å². The van der Waals surface area contributed by atoms with E-state index in [1.54, 1.807) is 19.9 Å². The molecule has 0 fully saturated rings. The fourth-order valence-corrected chi connectivity index (χ4v) is 1.25. The van der Waals surface area contributed by atoms with Gasteiger partial charge in [-0.05, 0) is 32.4 Å². The zero-order chi connectivity index (χ0) is 10.7. The monoisotopic (exact) mass is 196 g/mol. The van der Waals surface area contributed by atoms with Crippen LogP contribution in [0.25, 0.3) is 0 Å². The zero-order valence-electron chi connectivity index (χ0n) is 8.56. The summed E-state index contributed by atoms with van der Waals surface area (Å²) in [5.41, 5.74) is 0.786. The number of carbonyl (C=O) groups excluding carboxylic acids is 1. The molecule has 0 heterocycles. The first-order valence-corrected chi connectivity index (χ1v) is 4.50. The molecule has 0 amide bonds. The summed E-state index contributed by atoms with van der Waals surface area (Å²) in [4.78, 5) is 11.0. The highest BCUT2D eigenvalue weighted by Crippen LogP contribution is 2.25. The predicted molar refractivity (Wildman–Crippen MR) is 52.3 cm³/mol. The predicted octanol–water partition coefficient (Wildman–Crippen LogP) is 2.74. The van der Waals surface area contributed by atoms with E-state index < -0.39 is 5.82 Å². The fourth-order valence-electron chi connectivity index (χ4n) is 1.25. The van der Waals surface area contributed by atoms with Crippen LogP contribution < -0.4 is 4.74 Å². The lowest BCUT2D eigenvalue weighted by atomic mass is 10.1. The molecule has 2 nitrogen and oxygen atoms in total. The lowest BCUT2D eigenvalue weighted by Gasteiger charge is -2.09. The molecule has 0 unspecified atom stereocenters. The van der Waals surface area contributed by atoms with Crippen LogP contribution in [0.2, 0.25) is 0 Å². The third-order valence-electron chi connectivity index (χ3n) is 1.96. The summed E-state index contributed by atoms with van der Waals surface area (Å²) in [6.07, 6.45) is 0. The Bertz CT molecular complexity index is 359. The van der Waals surface area contributed by atoms with Gasteiger partial charge in [-0.25, -0.2) is 4.39 Å². The van der Waals surface area contributed by atoms with Crippen molar-refractivity contribution in [1.82, 2.24) is 0 Å². The molecular weight excluding hydrogens is 183 g/mol. The zero-order valence-corrected chi connectivity index (χ0v) is 8.56. The smallest absolute Gasteiger partial charge is 0.176 e. The van der Waals surface area contributed by atoms with Crippen molar-refractivity contribution in [2.45, 2.75) is 20.8 Å². The van der Waals surface area contributed by atoms with Crippen LogP contribution in [0.1, 0.15) is 29.8 Å². The van der Waals surface area contributed by atoms with Crippen LogP contribution in [0.3, 0.4) is 0 Å². The van der Waals surface area contributed by atoms with Crippen molar-refractivity contribution in [3.63, 3.8) is 0 Å². The van der Waals surface area contributed by atoms with Gasteiger partial charge in [-0.3, -0.25) is 4.79 Å². The molecule has 0 radical (unpaired) electrons. The number of ketones is 1.